The number of nitrogens with one attached hydrogen (secondary N) is 1. The minimum Gasteiger partial charge on any atom is -0.489 e. The molecule has 1 aliphatic heterocycles. The van der Waals surface area contributed by atoms with Gasteiger partial charge in [0.1, 0.15) is 12.4 Å². The van der Waals surface area contributed by atoms with Crippen LogP contribution in [0.3, 0.4) is 0 Å². The summed E-state index contributed by atoms with van der Waals surface area (Å²) in [7, 11) is 0. The van der Waals surface area contributed by atoms with Crippen LogP contribution in [0.5, 0.6) is 5.75 Å². The van der Waals surface area contributed by atoms with Gasteiger partial charge in [0.25, 0.3) is 0 Å². The van der Waals surface area contributed by atoms with Crippen LogP contribution in [0.1, 0.15) is 5.56 Å². The highest BCUT2D eigenvalue weighted by molar-refractivity contribution is 5.84. The molecule has 5 rings (SSSR count). The fourth-order valence-corrected chi connectivity index (χ4v) is 3.88. The third kappa shape index (κ3) is 4.32. The number of ether oxygens (including phenoxy) is 2. The predicted molar refractivity (Wildman–Crippen MR) is 124 cm³/mol. The van der Waals surface area contributed by atoms with Crippen LogP contribution in [0.15, 0.2) is 83.7 Å². The minimum absolute atomic E-state index is 0.0169. The van der Waals surface area contributed by atoms with Crippen molar-refractivity contribution in [2.24, 2.45) is 0 Å². The molecule has 0 atom stereocenters. The summed E-state index contributed by atoms with van der Waals surface area (Å²) >= 11 is 0. The van der Waals surface area contributed by atoms with Crippen LogP contribution in [0.4, 0.5) is 5.69 Å². The lowest BCUT2D eigenvalue weighted by Gasteiger charge is -2.29. The zero-order valence-corrected chi connectivity index (χ0v) is 17.2. The number of morpholine rings is 1. The topological polar surface area (TPSA) is 54.6 Å². The van der Waals surface area contributed by atoms with E-state index < -0.39 is 0 Å². The normalized spacial score (nSPS) is 14.0. The van der Waals surface area contributed by atoms with Crippen molar-refractivity contribution >= 4 is 16.6 Å². The summed E-state index contributed by atoms with van der Waals surface area (Å²) in [6.45, 7) is 3.66. The van der Waals surface area contributed by atoms with Gasteiger partial charge in [0.05, 0.1) is 13.2 Å². The van der Waals surface area contributed by atoms with Gasteiger partial charge in [-0.25, -0.2) is 0 Å². The Balaban J connectivity index is 1.36. The smallest absolute Gasteiger partial charge is 0.190 e. The van der Waals surface area contributed by atoms with Crippen LogP contribution < -0.4 is 15.1 Å². The molecule has 5 heteroatoms. The lowest BCUT2D eigenvalue weighted by atomic mass is 10.1. The lowest BCUT2D eigenvalue weighted by molar-refractivity contribution is 0.122. The van der Waals surface area contributed by atoms with Crippen molar-refractivity contribution in [3.63, 3.8) is 0 Å². The van der Waals surface area contributed by atoms with Gasteiger partial charge < -0.3 is 19.4 Å². The number of hydrogen-bond acceptors (Lipinski definition) is 4. The number of nitrogens with zero attached hydrogens (tertiary/aromatic N) is 1. The second-order valence-electron chi connectivity index (χ2n) is 7.68. The molecule has 0 unspecified atom stereocenters. The maximum Gasteiger partial charge on any atom is 0.190 e. The summed E-state index contributed by atoms with van der Waals surface area (Å²) in [5, 5.41) is 0.704. The predicted octanol–water partition coefficient (Wildman–Crippen LogP) is 4.61. The Bertz CT molecular complexity index is 1230. The molecule has 1 N–H and O–H groups in total. The summed E-state index contributed by atoms with van der Waals surface area (Å²) in [6.07, 6.45) is 0. The standard InChI is InChI=1S/C26H24N2O3/c29-26-17-25(20-6-9-22(10-7-20)31-18-19-4-2-1-3-5-19)27-24-11-8-21(16-23(24)26)28-12-14-30-15-13-28/h1-11,16-17H,12-15,18H2,(H,27,29). The van der Waals surface area contributed by atoms with Crippen LogP contribution >= 0.6 is 0 Å². The van der Waals surface area contributed by atoms with Crippen LogP contribution in [0, 0.1) is 0 Å². The van der Waals surface area contributed by atoms with Gasteiger partial charge in [-0.3, -0.25) is 4.79 Å². The van der Waals surface area contributed by atoms with Crippen molar-refractivity contribution < 1.29 is 9.47 Å². The van der Waals surface area contributed by atoms with Crippen molar-refractivity contribution in [3.8, 4) is 17.0 Å². The molecule has 3 aromatic carbocycles. The van der Waals surface area contributed by atoms with Crippen molar-refractivity contribution in [3.05, 3.63) is 94.6 Å². The second-order valence-corrected chi connectivity index (χ2v) is 7.68. The van der Waals surface area contributed by atoms with Crippen molar-refractivity contribution in [1.82, 2.24) is 4.98 Å². The quantitative estimate of drug-likeness (QED) is 0.520. The van der Waals surface area contributed by atoms with Gasteiger partial charge in [0.15, 0.2) is 5.43 Å². The summed E-state index contributed by atoms with van der Waals surface area (Å²) in [5.41, 5.74) is 4.79. The first-order valence-electron chi connectivity index (χ1n) is 10.5. The molecule has 1 aliphatic rings. The van der Waals surface area contributed by atoms with E-state index in [9.17, 15) is 4.79 Å². The Morgan fingerprint density at radius 3 is 2.45 bits per heavy atom. The zero-order valence-electron chi connectivity index (χ0n) is 17.2. The zero-order chi connectivity index (χ0) is 21.0. The van der Waals surface area contributed by atoms with Gasteiger partial charge in [-0.15, -0.1) is 0 Å². The maximum atomic E-state index is 12.8. The molecule has 1 aromatic heterocycles. The fraction of sp³-hybridized carbons (Fsp3) is 0.192. The maximum absolute atomic E-state index is 12.8. The highest BCUT2D eigenvalue weighted by Crippen LogP contribution is 2.25. The first-order chi connectivity index (χ1) is 15.3. The summed E-state index contributed by atoms with van der Waals surface area (Å²) in [5.74, 6) is 0.797. The number of aromatic amines is 1. The Labute approximate surface area is 180 Å². The molecular formula is C26H24N2O3. The summed E-state index contributed by atoms with van der Waals surface area (Å²) in [6, 6.07) is 25.6. The Kier molecular flexibility index (Phi) is 5.42. The largest absolute Gasteiger partial charge is 0.489 e. The van der Waals surface area contributed by atoms with Crippen molar-refractivity contribution in [2.45, 2.75) is 6.61 Å². The van der Waals surface area contributed by atoms with E-state index in [0.29, 0.717) is 12.0 Å². The molecular weight excluding hydrogens is 388 g/mol. The molecule has 5 nitrogen and oxygen atoms in total. The summed E-state index contributed by atoms with van der Waals surface area (Å²) < 4.78 is 11.3. The van der Waals surface area contributed by atoms with Crippen LogP contribution in [0.2, 0.25) is 0 Å². The number of H-pyrrole nitrogens is 1. The Morgan fingerprint density at radius 2 is 1.68 bits per heavy atom. The number of pyridine rings is 1. The first-order valence-corrected chi connectivity index (χ1v) is 10.5. The summed E-state index contributed by atoms with van der Waals surface area (Å²) in [4.78, 5) is 18.5. The van der Waals surface area contributed by atoms with Gasteiger partial charge in [0.2, 0.25) is 0 Å². The SMILES string of the molecule is O=c1cc(-c2ccc(OCc3ccccc3)cc2)[nH]c2ccc(N3CCOCC3)cc12. The van der Waals surface area contributed by atoms with Gasteiger partial charge in [-0.1, -0.05) is 30.3 Å². The average molecular weight is 412 g/mol. The number of aromatic nitrogens is 1. The third-order valence-corrected chi connectivity index (χ3v) is 5.60. The van der Waals surface area contributed by atoms with E-state index in [0.717, 1.165) is 60.1 Å². The van der Waals surface area contributed by atoms with Crippen molar-refractivity contribution in [2.75, 3.05) is 31.2 Å². The molecule has 31 heavy (non-hydrogen) atoms. The average Bonchev–Trinajstić information content (AvgIpc) is 2.84. The van der Waals surface area contributed by atoms with Gasteiger partial charge >= 0.3 is 0 Å². The molecule has 1 saturated heterocycles. The van der Waals surface area contributed by atoms with Crippen LogP contribution in [0.25, 0.3) is 22.2 Å². The molecule has 156 valence electrons. The van der Waals surface area contributed by atoms with E-state index in [4.69, 9.17) is 9.47 Å². The number of rotatable bonds is 5. The van der Waals surface area contributed by atoms with Crippen LogP contribution in [-0.2, 0) is 11.3 Å². The molecule has 0 radical (unpaired) electrons. The van der Waals surface area contributed by atoms with Crippen LogP contribution in [-0.4, -0.2) is 31.3 Å². The molecule has 2 heterocycles. The molecule has 0 bridgehead atoms. The lowest BCUT2D eigenvalue weighted by Crippen LogP contribution is -2.36. The highest BCUT2D eigenvalue weighted by atomic mass is 16.5. The minimum atomic E-state index is 0.0169. The third-order valence-electron chi connectivity index (χ3n) is 5.60. The molecule has 0 saturated carbocycles. The Hall–Kier alpha value is -3.57. The monoisotopic (exact) mass is 412 g/mol. The van der Waals surface area contributed by atoms with Gasteiger partial charge in [-0.2, -0.15) is 0 Å². The highest BCUT2D eigenvalue weighted by Gasteiger charge is 2.13. The molecule has 0 aliphatic carbocycles. The molecule has 0 amide bonds. The van der Waals surface area contributed by atoms with Gasteiger partial charge in [0, 0.05) is 41.4 Å². The molecule has 1 fully saturated rings. The van der Waals surface area contributed by atoms with E-state index in [1.807, 2.05) is 66.7 Å². The van der Waals surface area contributed by atoms with Crippen molar-refractivity contribution in [1.29, 1.82) is 0 Å². The van der Waals surface area contributed by atoms with E-state index in [1.165, 1.54) is 0 Å². The van der Waals surface area contributed by atoms with Gasteiger partial charge in [-0.05, 0) is 53.6 Å². The first kappa shape index (κ1) is 19.4. The van der Waals surface area contributed by atoms with E-state index >= 15 is 0 Å². The molecule has 0 spiro atoms. The number of hydrogen-bond donors (Lipinski definition) is 1. The number of fused-ring (bicyclic) bond motifs is 1. The number of benzene rings is 3. The van der Waals surface area contributed by atoms with E-state index in [-0.39, 0.29) is 5.43 Å². The van der Waals surface area contributed by atoms with E-state index in [1.54, 1.807) is 6.07 Å². The molecule has 4 aromatic rings. The number of anilines is 1. The Morgan fingerprint density at radius 1 is 0.903 bits per heavy atom. The van der Waals surface area contributed by atoms with E-state index in [2.05, 4.69) is 16.0 Å². The fourth-order valence-electron chi connectivity index (χ4n) is 3.88. The second kappa shape index (κ2) is 8.66.